The van der Waals surface area contributed by atoms with Gasteiger partial charge >= 0.3 is 0 Å². The lowest BCUT2D eigenvalue weighted by Gasteiger charge is -2.34. The van der Waals surface area contributed by atoms with Crippen LogP contribution in [0.25, 0.3) is 11.1 Å². The van der Waals surface area contributed by atoms with E-state index < -0.39 is 11.6 Å². The van der Waals surface area contributed by atoms with E-state index in [0.29, 0.717) is 24.4 Å². The summed E-state index contributed by atoms with van der Waals surface area (Å²) in [6, 6.07) is 4.56. The van der Waals surface area contributed by atoms with Crippen molar-refractivity contribution in [2.24, 2.45) is 0 Å². The average Bonchev–Trinajstić information content (AvgIpc) is 2.49. The maximum absolute atomic E-state index is 14.4. The minimum Gasteiger partial charge on any atom is -0.486 e. The van der Waals surface area contributed by atoms with Crippen molar-refractivity contribution in [2.45, 2.75) is 19.9 Å². The molecule has 6 heteroatoms. The highest BCUT2D eigenvalue weighted by Crippen LogP contribution is 2.39. The average molecular weight is 325 g/mol. The molecule has 0 radical (unpaired) electrons. The van der Waals surface area contributed by atoms with E-state index in [2.05, 4.69) is 4.98 Å². The lowest BCUT2D eigenvalue weighted by atomic mass is 10.0. The molecule has 0 unspecified atom stereocenters. The first kappa shape index (κ1) is 15.0. The van der Waals surface area contributed by atoms with Crippen LogP contribution >= 0.6 is 11.6 Å². The number of halogens is 3. The molecule has 3 nitrogen and oxygen atoms in total. The van der Waals surface area contributed by atoms with E-state index in [1.54, 1.807) is 6.07 Å². The molecule has 0 fully saturated rings. The van der Waals surface area contributed by atoms with Crippen LogP contribution in [0.1, 0.15) is 13.8 Å². The van der Waals surface area contributed by atoms with Crippen LogP contribution in [0.2, 0.25) is 5.15 Å². The van der Waals surface area contributed by atoms with E-state index in [4.69, 9.17) is 16.3 Å². The second-order valence-electron chi connectivity index (χ2n) is 5.43. The molecule has 0 atom stereocenters. The van der Waals surface area contributed by atoms with Gasteiger partial charge in [0.2, 0.25) is 0 Å². The highest BCUT2D eigenvalue weighted by molar-refractivity contribution is 6.29. The van der Waals surface area contributed by atoms with Crippen LogP contribution in [0.5, 0.6) is 5.75 Å². The first-order valence-corrected chi connectivity index (χ1v) is 7.39. The molecule has 3 rings (SSSR count). The van der Waals surface area contributed by atoms with Crippen molar-refractivity contribution < 1.29 is 13.5 Å². The Morgan fingerprint density at radius 1 is 1.23 bits per heavy atom. The molecule has 0 saturated carbocycles. The zero-order valence-electron chi connectivity index (χ0n) is 12.2. The molecule has 2 aromatic rings. The van der Waals surface area contributed by atoms with Gasteiger partial charge in [-0.25, -0.2) is 13.8 Å². The number of pyridine rings is 1. The van der Waals surface area contributed by atoms with Crippen molar-refractivity contribution in [3.8, 4) is 16.9 Å². The van der Waals surface area contributed by atoms with Gasteiger partial charge < -0.3 is 9.64 Å². The minimum absolute atomic E-state index is 0.159. The Morgan fingerprint density at radius 3 is 2.73 bits per heavy atom. The van der Waals surface area contributed by atoms with E-state index in [1.807, 2.05) is 18.7 Å². The van der Waals surface area contributed by atoms with Crippen LogP contribution in [0.3, 0.4) is 0 Å². The number of anilines is 1. The van der Waals surface area contributed by atoms with Crippen LogP contribution in [0.15, 0.2) is 24.4 Å². The van der Waals surface area contributed by atoms with E-state index in [9.17, 15) is 8.78 Å². The third-order valence-corrected chi connectivity index (χ3v) is 3.88. The Balaban J connectivity index is 2.17. The summed E-state index contributed by atoms with van der Waals surface area (Å²) >= 11 is 5.82. The third-order valence-electron chi connectivity index (χ3n) is 3.67. The van der Waals surface area contributed by atoms with Crippen molar-refractivity contribution in [1.29, 1.82) is 0 Å². The van der Waals surface area contributed by atoms with Crippen molar-refractivity contribution in [1.82, 2.24) is 4.98 Å². The lowest BCUT2D eigenvalue weighted by Crippen LogP contribution is -2.38. The molecule has 1 aliphatic rings. The van der Waals surface area contributed by atoms with E-state index in [0.717, 1.165) is 6.20 Å². The second kappa shape index (κ2) is 5.72. The van der Waals surface area contributed by atoms with Gasteiger partial charge in [0.1, 0.15) is 17.6 Å². The summed E-state index contributed by atoms with van der Waals surface area (Å²) in [5.41, 5.74) is 1.26. The van der Waals surface area contributed by atoms with Crippen molar-refractivity contribution >= 4 is 17.3 Å². The van der Waals surface area contributed by atoms with Gasteiger partial charge in [-0.2, -0.15) is 0 Å². The first-order valence-electron chi connectivity index (χ1n) is 7.02. The molecule has 0 bridgehead atoms. The zero-order valence-corrected chi connectivity index (χ0v) is 13.0. The van der Waals surface area contributed by atoms with Crippen LogP contribution in [0, 0.1) is 11.6 Å². The van der Waals surface area contributed by atoms with Gasteiger partial charge in [-0.05, 0) is 37.6 Å². The minimum atomic E-state index is -0.545. The van der Waals surface area contributed by atoms with Gasteiger partial charge in [0, 0.05) is 11.6 Å². The topological polar surface area (TPSA) is 25.4 Å². The fourth-order valence-electron chi connectivity index (χ4n) is 2.63. The van der Waals surface area contributed by atoms with Crippen LogP contribution in [-0.2, 0) is 0 Å². The van der Waals surface area contributed by atoms with Gasteiger partial charge in [0.05, 0.1) is 18.4 Å². The van der Waals surface area contributed by atoms with Gasteiger partial charge in [0.15, 0.2) is 11.6 Å². The van der Waals surface area contributed by atoms with Gasteiger partial charge in [-0.3, -0.25) is 0 Å². The van der Waals surface area contributed by atoms with E-state index >= 15 is 0 Å². The summed E-state index contributed by atoms with van der Waals surface area (Å²) in [5.74, 6) is -0.842. The molecule has 1 aromatic heterocycles. The quantitative estimate of drug-likeness (QED) is 0.771. The maximum Gasteiger partial charge on any atom is 0.178 e. The lowest BCUT2D eigenvalue weighted by molar-refractivity contribution is 0.287. The number of aromatic nitrogens is 1. The van der Waals surface area contributed by atoms with Gasteiger partial charge in [-0.15, -0.1) is 0 Å². The van der Waals surface area contributed by atoms with E-state index in [-0.39, 0.29) is 22.5 Å². The predicted molar refractivity (Wildman–Crippen MR) is 82.6 cm³/mol. The molecule has 1 aliphatic heterocycles. The maximum atomic E-state index is 14.4. The normalized spacial score (nSPS) is 14.0. The summed E-state index contributed by atoms with van der Waals surface area (Å²) in [6.45, 7) is 5.12. The summed E-state index contributed by atoms with van der Waals surface area (Å²) < 4.78 is 33.8. The third kappa shape index (κ3) is 2.61. The number of nitrogens with zero attached hydrogens (tertiary/aromatic N) is 2. The number of rotatable bonds is 2. The van der Waals surface area contributed by atoms with Crippen LogP contribution in [-0.4, -0.2) is 24.2 Å². The van der Waals surface area contributed by atoms with Crippen LogP contribution in [0.4, 0.5) is 14.5 Å². The van der Waals surface area contributed by atoms with Crippen molar-refractivity contribution in [2.75, 3.05) is 18.1 Å². The molecular weight excluding hydrogens is 310 g/mol. The molecule has 2 heterocycles. The molecule has 22 heavy (non-hydrogen) atoms. The van der Waals surface area contributed by atoms with Gasteiger partial charge in [-0.1, -0.05) is 11.6 Å². The number of benzene rings is 1. The smallest absolute Gasteiger partial charge is 0.178 e. The molecule has 0 amide bonds. The second-order valence-corrected chi connectivity index (χ2v) is 5.82. The molecular formula is C16H15ClF2N2O. The summed E-state index contributed by atoms with van der Waals surface area (Å²) in [4.78, 5) is 5.71. The Bertz CT molecular complexity index is 722. The van der Waals surface area contributed by atoms with Crippen molar-refractivity contribution in [3.63, 3.8) is 0 Å². The summed E-state index contributed by atoms with van der Waals surface area (Å²) in [6.07, 6.45) is 1.03. The fraction of sp³-hybridized carbons (Fsp3) is 0.312. The molecule has 0 aliphatic carbocycles. The molecule has 0 N–H and O–H groups in total. The number of hydrogen-bond donors (Lipinski definition) is 0. The van der Waals surface area contributed by atoms with Gasteiger partial charge in [0.25, 0.3) is 0 Å². The molecule has 116 valence electrons. The Morgan fingerprint density at radius 2 is 2.00 bits per heavy atom. The SMILES string of the molecule is CC(C)N1CCOc2c(F)cc(-c3cc(Cl)ncc3F)cc21. The first-order chi connectivity index (χ1) is 10.5. The summed E-state index contributed by atoms with van der Waals surface area (Å²) in [7, 11) is 0. The fourth-order valence-corrected chi connectivity index (χ4v) is 2.79. The number of fused-ring (bicyclic) bond motifs is 1. The molecule has 0 saturated heterocycles. The van der Waals surface area contributed by atoms with Crippen molar-refractivity contribution in [3.05, 3.63) is 41.2 Å². The number of ether oxygens (including phenoxy) is 1. The highest BCUT2D eigenvalue weighted by Gasteiger charge is 2.25. The molecule has 1 aromatic carbocycles. The Kier molecular flexibility index (Phi) is 3.91. The highest BCUT2D eigenvalue weighted by atomic mass is 35.5. The monoisotopic (exact) mass is 324 g/mol. The Hall–Kier alpha value is -1.88. The standard InChI is InChI=1S/C16H15ClF2N2O/c1-9(2)21-3-4-22-16-12(18)5-10(6-14(16)21)11-7-15(17)20-8-13(11)19/h5-9H,3-4H2,1-2H3. The molecule has 0 spiro atoms. The summed E-state index contributed by atoms with van der Waals surface area (Å²) in [5, 5.41) is 0.159. The Labute approximate surface area is 132 Å². The largest absolute Gasteiger partial charge is 0.486 e. The number of hydrogen-bond acceptors (Lipinski definition) is 3. The van der Waals surface area contributed by atoms with Crippen LogP contribution < -0.4 is 9.64 Å². The predicted octanol–water partition coefficient (Wildman–Crippen LogP) is 4.29. The van der Waals surface area contributed by atoms with E-state index in [1.165, 1.54) is 12.1 Å². The zero-order chi connectivity index (χ0) is 15.9.